The van der Waals surface area contributed by atoms with Crippen molar-refractivity contribution in [3.8, 4) is 5.75 Å². The second-order valence-corrected chi connectivity index (χ2v) is 6.05. The molecule has 0 radical (unpaired) electrons. The highest BCUT2D eigenvalue weighted by atomic mass is 79.9. The third-order valence-electron chi connectivity index (χ3n) is 2.99. The fraction of sp³-hybridized carbons (Fsp3) is 0. The highest BCUT2D eigenvalue weighted by molar-refractivity contribution is 9.13. The summed E-state index contributed by atoms with van der Waals surface area (Å²) in [5.41, 5.74) is 1.31. The number of hydrogen-bond donors (Lipinski definition) is 3. The van der Waals surface area contributed by atoms with Gasteiger partial charge in [-0.1, -0.05) is 0 Å². The normalized spacial score (nSPS) is 10.8. The zero-order valence-electron chi connectivity index (χ0n) is 10.5. The van der Waals surface area contributed by atoms with Crippen molar-refractivity contribution in [3.05, 3.63) is 51.2 Å². The standard InChI is InChI=1S/C14H9Br2N3O2/c15-9-4-7-8(6-18-11(7)5-10(9)16)14(21)19-13-12(20)2-1-3-17-13/h1-6,18,20H,(H,17,19,21). The Labute approximate surface area is 136 Å². The topological polar surface area (TPSA) is 78.0 Å². The summed E-state index contributed by atoms with van der Waals surface area (Å²) in [4.78, 5) is 19.3. The average Bonchev–Trinajstić information content (AvgIpc) is 2.85. The Balaban J connectivity index is 1.99. The number of hydrogen-bond acceptors (Lipinski definition) is 3. The molecule has 0 aliphatic heterocycles. The third-order valence-corrected chi connectivity index (χ3v) is 4.83. The molecule has 106 valence electrons. The first kappa shape index (κ1) is 14.1. The molecule has 0 atom stereocenters. The molecule has 1 aromatic carbocycles. The first-order chi connectivity index (χ1) is 10.1. The summed E-state index contributed by atoms with van der Waals surface area (Å²) in [6.07, 6.45) is 3.12. The first-order valence-corrected chi connectivity index (χ1v) is 7.56. The quantitative estimate of drug-likeness (QED) is 0.596. The fourth-order valence-corrected chi connectivity index (χ4v) is 2.66. The number of carbonyl (C=O) groups is 1. The van der Waals surface area contributed by atoms with Crippen LogP contribution in [0.2, 0.25) is 0 Å². The largest absolute Gasteiger partial charge is 0.504 e. The van der Waals surface area contributed by atoms with Crippen molar-refractivity contribution in [1.82, 2.24) is 9.97 Å². The maximum absolute atomic E-state index is 12.3. The SMILES string of the molecule is O=C(Nc1ncccc1O)c1c[nH]c2cc(Br)c(Br)cc12. The Morgan fingerprint density at radius 1 is 1.29 bits per heavy atom. The highest BCUT2D eigenvalue weighted by Gasteiger charge is 2.15. The van der Waals surface area contributed by atoms with Crippen molar-refractivity contribution in [2.24, 2.45) is 0 Å². The number of fused-ring (bicyclic) bond motifs is 1. The van der Waals surface area contributed by atoms with Crippen LogP contribution in [0.5, 0.6) is 5.75 Å². The summed E-state index contributed by atoms with van der Waals surface area (Å²) >= 11 is 6.83. The number of anilines is 1. The van der Waals surface area contributed by atoms with Gasteiger partial charge in [0, 0.05) is 32.2 Å². The van der Waals surface area contributed by atoms with Crippen LogP contribution in [0.25, 0.3) is 10.9 Å². The van der Waals surface area contributed by atoms with Crippen LogP contribution >= 0.6 is 31.9 Å². The molecule has 0 bridgehead atoms. The number of aromatic nitrogens is 2. The van der Waals surface area contributed by atoms with Crippen LogP contribution in [0.3, 0.4) is 0 Å². The fourth-order valence-electron chi connectivity index (χ4n) is 1.97. The monoisotopic (exact) mass is 409 g/mol. The second kappa shape index (κ2) is 5.50. The molecule has 0 spiro atoms. The Kier molecular flexibility index (Phi) is 3.69. The molecule has 0 saturated heterocycles. The predicted octanol–water partition coefficient (Wildman–Crippen LogP) is 4.05. The average molecular weight is 411 g/mol. The first-order valence-electron chi connectivity index (χ1n) is 5.97. The van der Waals surface area contributed by atoms with E-state index in [4.69, 9.17) is 0 Å². The summed E-state index contributed by atoms with van der Waals surface area (Å²) in [7, 11) is 0. The molecule has 5 nitrogen and oxygen atoms in total. The Morgan fingerprint density at radius 2 is 2.05 bits per heavy atom. The van der Waals surface area contributed by atoms with Crippen molar-refractivity contribution in [1.29, 1.82) is 0 Å². The van der Waals surface area contributed by atoms with E-state index in [1.54, 1.807) is 12.3 Å². The van der Waals surface area contributed by atoms with E-state index in [9.17, 15) is 9.90 Å². The molecule has 1 amide bonds. The van der Waals surface area contributed by atoms with Crippen LogP contribution in [0.4, 0.5) is 5.82 Å². The summed E-state index contributed by atoms with van der Waals surface area (Å²) in [5, 5.41) is 13.0. The van der Waals surface area contributed by atoms with Gasteiger partial charge in [0.2, 0.25) is 0 Å². The molecule has 0 aliphatic rings. The van der Waals surface area contributed by atoms with Gasteiger partial charge in [-0.05, 0) is 56.1 Å². The van der Waals surface area contributed by atoms with Crippen LogP contribution in [0, 0.1) is 0 Å². The lowest BCUT2D eigenvalue weighted by Gasteiger charge is -2.05. The number of aromatic amines is 1. The van der Waals surface area contributed by atoms with E-state index in [1.165, 1.54) is 12.3 Å². The second-order valence-electron chi connectivity index (χ2n) is 4.34. The van der Waals surface area contributed by atoms with Gasteiger partial charge in [-0.2, -0.15) is 0 Å². The lowest BCUT2D eigenvalue weighted by Crippen LogP contribution is -2.12. The van der Waals surface area contributed by atoms with Gasteiger partial charge in [0.1, 0.15) is 0 Å². The molecule has 3 aromatic rings. The van der Waals surface area contributed by atoms with E-state index in [2.05, 4.69) is 47.1 Å². The van der Waals surface area contributed by atoms with E-state index in [0.29, 0.717) is 5.56 Å². The van der Waals surface area contributed by atoms with Gasteiger partial charge in [0.25, 0.3) is 5.91 Å². The molecule has 3 N–H and O–H groups in total. The van der Waals surface area contributed by atoms with Gasteiger partial charge >= 0.3 is 0 Å². The van der Waals surface area contributed by atoms with Crippen LogP contribution in [-0.4, -0.2) is 21.0 Å². The number of nitrogens with one attached hydrogen (secondary N) is 2. The smallest absolute Gasteiger partial charge is 0.259 e. The molecule has 21 heavy (non-hydrogen) atoms. The van der Waals surface area contributed by atoms with Crippen LogP contribution in [-0.2, 0) is 0 Å². The van der Waals surface area contributed by atoms with Gasteiger partial charge in [-0.3, -0.25) is 4.79 Å². The summed E-state index contributed by atoms with van der Waals surface area (Å²) in [6, 6.07) is 6.79. The number of rotatable bonds is 2. The van der Waals surface area contributed by atoms with E-state index in [1.807, 2.05) is 12.1 Å². The lowest BCUT2D eigenvalue weighted by molar-refractivity contribution is 0.102. The molecule has 3 rings (SSSR count). The van der Waals surface area contributed by atoms with Crippen molar-refractivity contribution in [3.63, 3.8) is 0 Å². The summed E-state index contributed by atoms with van der Waals surface area (Å²) in [5.74, 6) is -0.285. The molecular weight excluding hydrogens is 402 g/mol. The number of H-pyrrole nitrogens is 1. The van der Waals surface area contributed by atoms with Crippen LogP contribution in [0.15, 0.2) is 45.6 Å². The van der Waals surface area contributed by atoms with Gasteiger partial charge in [-0.25, -0.2) is 4.98 Å². The number of aromatic hydroxyl groups is 1. The number of nitrogens with zero attached hydrogens (tertiary/aromatic N) is 1. The lowest BCUT2D eigenvalue weighted by atomic mass is 10.1. The van der Waals surface area contributed by atoms with Gasteiger partial charge < -0.3 is 15.4 Å². The molecule has 0 unspecified atom stereocenters. The van der Waals surface area contributed by atoms with E-state index < -0.39 is 0 Å². The molecule has 0 aliphatic carbocycles. The molecule has 7 heteroatoms. The summed E-state index contributed by atoms with van der Waals surface area (Å²) in [6.45, 7) is 0. The zero-order valence-corrected chi connectivity index (χ0v) is 13.7. The van der Waals surface area contributed by atoms with Gasteiger partial charge in [0.05, 0.1) is 5.56 Å². The Hall–Kier alpha value is -1.86. The van der Waals surface area contributed by atoms with Crippen LogP contribution in [0.1, 0.15) is 10.4 Å². The number of pyridine rings is 1. The number of benzene rings is 1. The van der Waals surface area contributed by atoms with E-state index >= 15 is 0 Å². The number of carbonyl (C=O) groups excluding carboxylic acids is 1. The maximum Gasteiger partial charge on any atom is 0.259 e. The molecule has 0 fully saturated rings. The molecular formula is C14H9Br2N3O2. The third kappa shape index (κ3) is 2.66. The minimum absolute atomic E-state index is 0.0744. The Morgan fingerprint density at radius 3 is 2.81 bits per heavy atom. The predicted molar refractivity (Wildman–Crippen MR) is 87.6 cm³/mol. The zero-order chi connectivity index (χ0) is 15.0. The molecule has 0 saturated carbocycles. The van der Waals surface area contributed by atoms with E-state index in [0.717, 1.165) is 19.8 Å². The highest BCUT2D eigenvalue weighted by Crippen LogP contribution is 2.30. The van der Waals surface area contributed by atoms with Gasteiger partial charge in [0.15, 0.2) is 11.6 Å². The van der Waals surface area contributed by atoms with Crippen molar-refractivity contribution in [2.75, 3.05) is 5.32 Å². The van der Waals surface area contributed by atoms with Crippen LogP contribution < -0.4 is 5.32 Å². The molecule has 2 heterocycles. The van der Waals surface area contributed by atoms with Crippen molar-refractivity contribution >= 4 is 54.5 Å². The van der Waals surface area contributed by atoms with Crippen molar-refractivity contribution < 1.29 is 9.90 Å². The maximum atomic E-state index is 12.3. The Bertz CT molecular complexity index is 845. The summed E-state index contributed by atoms with van der Waals surface area (Å²) < 4.78 is 1.75. The molecule has 2 aromatic heterocycles. The van der Waals surface area contributed by atoms with Gasteiger partial charge in [-0.15, -0.1) is 0 Å². The van der Waals surface area contributed by atoms with Crippen molar-refractivity contribution in [2.45, 2.75) is 0 Å². The minimum Gasteiger partial charge on any atom is -0.504 e. The number of amides is 1. The van der Waals surface area contributed by atoms with E-state index in [-0.39, 0.29) is 17.5 Å². The number of halogens is 2. The minimum atomic E-state index is -0.343.